The summed E-state index contributed by atoms with van der Waals surface area (Å²) in [5.41, 5.74) is 11.8. The first-order valence-electron chi connectivity index (χ1n) is 7.06. The standard InChI is InChI=1S/C14H18N4O4/c1-5-9(15)13(20)8-7(3-22-14(16)21)10-6(2)17-4-18(10)11(8)12(5)19/h6-7,10,17H,3-4,15H2,1-2H3,(H2,16,21)/t6?,7-,10?/m1/s1. The first-order valence-corrected chi connectivity index (χ1v) is 7.06. The minimum absolute atomic E-state index is 0.0328. The molecule has 0 bridgehead atoms. The maximum Gasteiger partial charge on any atom is 0.404 e. The van der Waals surface area contributed by atoms with Gasteiger partial charge in [-0.25, -0.2) is 4.79 Å². The van der Waals surface area contributed by atoms with E-state index in [-0.39, 0.29) is 41.5 Å². The van der Waals surface area contributed by atoms with Crippen molar-refractivity contribution in [2.75, 3.05) is 13.3 Å². The predicted octanol–water partition coefficient (Wildman–Crippen LogP) is -1.03. The molecule has 118 valence electrons. The number of rotatable bonds is 2. The average Bonchev–Trinajstić information content (AvgIpc) is 2.99. The summed E-state index contributed by atoms with van der Waals surface area (Å²) in [6.45, 7) is 3.92. The van der Waals surface area contributed by atoms with Crippen LogP contribution in [-0.4, -0.2) is 47.9 Å². The third-order valence-electron chi connectivity index (χ3n) is 4.64. The average molecular weight is 306 g/mol. The number of primary amides is 1. The highest BCUT2D eigenvalue weighted by atomic mass is 16.5. The van der Waals surface area contributed by atoms with Crippen molar-refractivity contribution < 1.29 is 19.1 Å². The highest BCUT2D eigenvalue weighted by Crippen LogP contribution is 2.42. The zero-order valence-corrected chi connectivity index (χ0v) is 12.4. The van der Waals surface area contributed by atoms with Crippen LogP contribution in [0.4, 0.5) is 4.79 Å². The SMILES string of the molecule is CC1=C(N)C(=O)C2=C(C1=O)N1CNC(C)C1[C@@H]2COC(N)=O. The highest BCUT2D eigenvalue weighted by molar-refractivity contribution is 6.25. The van der Waals surface area contributed by atoms with Gasteiger partial charge >= 0.3 is 6.09 Å². The van der Waals surface area contributed by atoms with E-state index in [4.69, 9.17) is 16.2 Å². The lowest BCUT2D eigenvalue weighted by Gasteiger charge is -2.25. The Bertz CT molecular complexity index is 651. The van der Waals surface area contributed by atoms with E-state index >= 15 is 0 Å². The van der Waals surface area contributed by atoms with Crippen LogP contribution in [0.15, 0.2) is 22.5 Å². The van der Waals surface area contributed by atoms with Gasteiger partial charge in [-0.3, -0.25) is 14.9 Å². The number of Topliss-reactive ketones (excluding diaryl/α,β-unsaturated/α-hetero) is 2. The highest BCUT2D eigenvalue weighted by Gasteiger charge is 2.53. The third-order valence-corrected chi connectivity index (χ3v) is 4.64. The van der Waals surface area contributed by atoms with Gasteiger partial charge in [0.2, 0.25) is 11.6 Å². The summed E-state index contributed by atoms with van der Waals surface area (Å²) in [6.07, 6.45) is -0.909. The van der Waals surface area contributed by atoms with Gasteiger partial charge in [-0.15, -0.1) is 0 Å². The number of hydrogen-bond acceptors (Lipinski definition) is 7. The van der Waals surface area contributed by atoms with Crippen LogP contribution in [0.5, 0.6) is 0 Å². The van der Waals surface area contributed by atoms with E-state index in [2.05, 4.69) is 5.32 Å². The maximum absolute atomic E-state index is 12.5. The van der Waals surface area contributed by atoms with Gasteiger partial charge in [0.05, 0.1) is 24.1 Å². The molecule has 2 unspecified atom stereocenters. The summed E-state index contributed by atoms with van der Waals surface area (Å²) in [4.78, 5) is 37.9. The number of fused-ring (bicyclic) bond motifs is 2. The number of hydrogen-bond donors (Lipinski definition) is 3. The molecule has 0 aromatic rings. The minimum atomic E-state index is -0.909. The molecule has 1 fully saturated rings. The van der Waals surface area contributed by atoms with Gasteiger partial charge in [0, 0.05) is 23.1 Å². The van der Waals surface area contributed by atoms with E-state index in [0.717, 1.165) is 0 Å². The number of ether oxygens (including phenoxy) is 1. The van der Waals surface area contributed by atoms with Crippen LogP contribution < -0.4 is 16.8 Å². The van der Waals surface area contributed by atoms with Crippen molar-refractivity contribution >= 4 is 17.7 Å². The molecule has 3 atom stereocenters. The number of nitrogens with one attached hydrogen (secondary N) is 1. The number of allylic oxidation sites excluding steroid dienone is 2. The zero-order chi connectivity index (χ0) is 16.2. The predicted molar refractivity (Wildman–Crippen MR) is 76.0 cm³/mol. The number of amides is 1. The Morgan fingerprint density at radius 3 is 2.73 bits per heavy atom. The van der Waals surface area contributed by atoms with Gasteiger partial charge < -0.3 is 21.1 Å². The van der Waals surface area contributed by atoms with Crippen molar-refractivity contribution in [3.8, 4) is 0 Å². The second-order valence-electron chi connectivity index (χ2n) is 5.81. The molecule has 22 heavy (non-hydrogen) atoms. The first-order chi connectivity index (χ1) is 10.3. The summed E-state index contributed by atoms with van der Waals surface area (Å²) in [5.74, 6) is -1.02. The van der Waals surface area contributed by atoms with Crippen molar-refractivity contribution in [3.63, 3.8) is 0 Å². The Hall–Kier alpha value is -2.35. The Morgan fingerprint density at radius 2 is 2.09 bits per heavy atom. The molecule has 3 rings (SSSR count). The van der Waals surface area contributed by atoms with E-state index in [1.807, 2.05) is 11.8 Å². The first kappa shape index (κ1) is 14.6. The lowest BCUT2D eigenvalue weighted by Crippen LogP contribution is -2.39. The van der Waals surface area contributed by atoms with Gasteiger partial charge in [0.15, 0.2) is 0 Å². The van der Waals surface area contributed by atoms with Crippen LogP contribution in [0.3, 0.4) is 0 Å². The third kappa shape index (κ3) is 1.83. The Balaban J connectivity index is 2.05. The fraction of sp³-hybridized carbons (Fsp3) is 0.500. The summed E-state index contributed by atoms with van der Waals surface area (Å²) in [7, 11) is 0. The van der Waals surface area contributed by atoms with Gasteiger partial charge in [0.25, 0.3) is 0 Å². The molecule has 1 amide bonds. The van der Waals surface area contributed by atoms with E-state index in [1.165, 1.54) is 0 Å². The molecule has 5 N–H and O–H groups in total. The second-order valence-corrected chi connectivity index (χ2v) is 5.81. The van der Waals surface area contributed by atoms with Crippen molar-refractivity contribution in [2.24, 2.45) is 17.4 Å². The topological polar surface area (TPSA) is 128 Å². The Labute approximate surface area is 127 Å². The Kier molecular flexibility index (Phi) is 3.21. The number of carbonyl (C=O) groups excluding carboxylic acids is 3. The van der Waals surface area contributed by atoms with Crippen molar-refractivity contribution in [3.05, 3.63) is 22.5 Å². The van der Waals surface area contributed by atoms with Gasteiger partial charge in [-0.05, 0) is 13.8 Å². The van der Waals surface area contributed by atoms with Crippen molar-refractivity contribution in [1.29, 1.82) is 0 Å². The maximum atomic E-state index is 12.5. The normalized spacial score (nSPS) is 30.8. The fourth-order valence-electron chi connectivity index (χ4n) is 3.53. The molecule has 0 saturated carbocycles. The zero-order valence-electron chi connectivity index (χ0n) is 12.4. The molecule has 8 nitrogen and oxygen atoms in total. The molecule has 1 saturated heterocycles. The number of carbonyl (C=O) groups is 3. The van der Waals surface area contributed by atoms with E-state index in [1.54, 1.807) is 6.92 Å². The number of nitrogens with zero attached hydrogens (tertiary/aromatic N) is 1. The molecular formula is C14H18N4O4. The van der Waals surface area contributed by atoms with Crippen LogP contribution in [0.25, 0.3) is 0 Å². The van der Waals surface area contributed by atoms with Crippen molar-refractivity contribution in [2.45, 2.75) is 25.9 Å². The van der Waals surface area contributed by atoms with E-state index < -0.39 is 12.0 Å². The van der Waals surface area contributed by atoms with Crippen LogP contribution in [0.1, 0.15) is 13.8 Å². The quantitative estimate of drug-likeness (QED) is 0.556. The van der Waals surface area contributed by atoms with Gasteiger partial charge in [0.1, 0.15) is 6.61 Å². The van der Waals surface area contributed by atoms with Crippen molar-refractivity contribution in [1.82, 2.24) is 10.2 Å². The molecule has 8 heteroatoms. The van der Waals surface area contributed by atoms with E-state index in [0.29, 0.717) is 17.9 Å². The largest absolute Gasteiger partial charge is 0.449 e. The summed E-state index contributed by atoms with van der Waals surface area (Å²) in [5, 5.41) is 3.24. The molecule has 0 aromatic carbocycles. The molecule has 0 aromatic heterocycles. The summed E-state index contributed by atoms with van der Waals surface area (Å²) in [6, 6.07) is -0.106. The lowest BCUT2D eigenvalue weighted by molar-refractivity contribution is -0.117. The molecule has 0 radical (unpaired) electrons. The molecule has 2 heterocycles. The lowest BCUT2D eigenvalue weighted by atomic mass is 9.84. The second kappa shape index (κ2) is 4.84. The smallest absolute Gasteiger partial charge is 0.404 e. The van der Waals surface area contributed by atoms with Crippen LogP contribution >= 0.6 is 0 Å². The monoisotopic (exact) mass is 306 g/mol. The summed E-state index contributed by atoms with van der Waals surface area (Å²) < 4.78 is 4.91. The number of ketones is 2. The molecular weight excluding hydrogens is 288 g/mol. The minimum Gasteiger partial charge on any atom is -0.449 e. The molecule has 3 aliphatic rings. The van der Waals surface area contributed by atoms with Crippen LogP contribution in [0, 0.1) is 5.92 Å². The molecule has 0 spiro atoms. The molecule has 2 aliphatic heterocycles. The molecule has 1 aliphatic carbocycles. The number of nitrogens with two attached hydrogens (primary N) is 2. The fourth-order valence-corrected chi connectivity index (χ4v) is 3.53. The van der Waals surface area contributed by atoms with Gasteiger partial charge in [-0.2, -0.15) is 0 Å². The van der Waals surface area contributed by atoms with Gasteiger partial charge in [-0.1, -0.05) is 0 Å². The van der Waals surface area contributed by atoms with E-state index in [9.17, 15) is 14.4 Å². The van der Waals surface area contributed by atoms with Crippen LogP contribution in [0.2, 0.25) is 0 Å². The summed E-state index contributed by atoms with van der Waals surface area (Å²) >= 11 is 0. The Morgan fingerprint density at radius 1 is 1.41 bits per heavy atom. The van der Waals surface area contributed by atoms with Crippen LogP contribution in [-0.2, 0) is 14.3 Å².